The molecule has 2 aromatic rings. The Balaban J connectivity index is 1.75. The van der Waals surface area contributed by atoms with Crippen LogP contribution < -0.4 is 5.76 Å². The Bertz CT molecular complexity index is 910. The Morgan fingerprint density at radius 3 is 2.56 bits per heavy atom. The lowest BCUT2D eigenvalue weighted by molar-refractivity contribution is 0.233. The van der Waals surface area contributed by atoms with Crippen LogP contribution in [0.5, 0.6) is 0 Å². The first-order chi connectivity index (χ1) is 11.8. The van der Waals surface area contributed by atoms with E-state index >= 15 is 0 Å². The monoisotopic (exact) mass is 367 g/mol. The van der Waals surface area contributed by atoms with Crippen molar-refractivity contribution in [2.24, 2.45) is 7.05 Å². The van der Waals surface area contributed by atoms with E-state index in [1.807, 2.05) is 0 Å². The van der Waals surface area contributed by atoms with Gasteiger partial charge in [-0.05, 0) is 38.1 Å². The number of rotatable bonds is 6. The summed E-state index contributed by atoms with van der Waals surface area (Å²) in [5, 5.41) is 0. The van der Waals surface area contributed by atoms with Gasteiger partial charge in [0.2, 0.25) is 10.0 Å². The Labute approximate surface area is 147 Å². The van der Waals surface area contributed by atoms with E-state index in [0.29, 0.717) is 30.2 Å². The molecule has 0 spiro atoms. The van der Waals surface area contributed by atoms with Crippen LogP contribution in [0.2, 0.25) is 0 Å². The van der Waals surface area contributed by atoms with Crippen molar-refractivity contribution in [2.45, 2.75) is 36.6 Å². The average molecular weight is 367 g/mol. The van der Waals surface area contributed by atoms with Crippen LogP contribution in [0.4, 0.5) is 0 Å². The SMILES string of the molecule is CN(CCN(C)S(=O)(=O)c1ccc2oc(=O)n(C)c2c1)C1CCCC1. The Morgan fingerprint density at radius 1 is 1.20 bits per heavy atom. The molecule has 1 aromatic carbocycles. The van der Waals surface area contributed by atoms with Crippen LogP contribution >= 0.6 is 0 Å². The number of aryl methyl sites for hydroxylation is 1. The predicted molar refractivity (Wildman–Crippen MR) is 96.2 cm³/mol. The van der Waals surface area contributed by atoms with E-state index < -0.39 is 15.8 Å². The van der Waals surface area contributed by atoms with Gasteiger partial charge in [0, 0.05) is 33.2 Å². The third kappa shape index (κ3) is 3.51. The Kier molecular flexibility index (Phi) is 5.04. The molecule has 1 aliphatic rings. The Morgan fingerprint density at radius 2 is 1.88 bits per heavy atom. The molecule has 1 aliphatic carbocycles. The maximum absolute atomic E-state index is 12.8. The van der Waals surface area contributed by atoms with Crippen molar-refractivity contribution in [1.82, 2.24) is 13.8 Å². The smallest absolute Gasteiger partial charge is 0.408 e. The minimum Gasteiger partial charge on any atom is -0.408 e. The molecule has 0 unspecified atom stereocenters. The first kappa shape index (κ1) is 18.2. The van der Waals surface area contributed by atoms with E-state index in [1.165, 1.54) is 52.8 Å². The van der Waals surface area contributed by atoms with E-state index in [1.54, 1.807) is 14.1 Å². The van der Waals surface area contributed by atoms with Crippen LogP contribution in [-0.2, 0) is 17.1 Å². The van der Waals surface area contributed by atoms with Gasteiger partial charge in [-0.3, -0.25) is 4.57 Å². The summed E-state index contributed by atoms with van der Waals surface area (Å²) >= 11 is 0. The number of aromatic nitrogens is 1. The molecule has 25 heavy (non-hydrogen) atoms. The Hall–Kier alpha value is -1.64. The van der Waals surface area contributed by atoms with Gasteiger partial charge < -0.3 is 9.32 Å². The fraction of sp³-hybridized carbons (Fsp3) is 0.588. The summed E-state index contributed by atoms with van der Waals surface area (Å²) < 4.78 is 33.4. The fourth-order valence-electron chi connectivity index (χ4n) is 3.39. The third-order valence-electron chi connectivity index (χ3n) is 5.19. The minimum absolute atomic E-state index is 0.169. The van der Waals surface area contributed by atoms with Gasteiger partial charge in [0.05, 0.1) is 10.4 Å². The molecule has 1 heterocycles. The van der Waals surface area contributed by atoms with E-state index in [0.717, 1.165) is 0 Å². The summed E-state index contributed by atoms with van der Waals surface area (Å²) in [7, 11) is 1.61. The standard InChI is InChI=1S/C17H25N3O4S/c1-18(13-6-4-5-7-13)10-11-19(2)25(22,23)14-8-9-16-15(12-14)20(3)17(21)24-16/h8-9,12-13H,4-7,10-11H2,1-3H3. The lowest BCUT2D eigenvalue weighted by Gasteiger charge is -2.26. The van der Waals surface area contributed by atoms with Crippen molar-refractivity contribution in [3.05, 3.63) is 28.7 Å². The number of sulfonamides is 1. The number of benzene rings is 1. The molecular weight excluding hydrogens is 342 g/mol. The second-order valence-electron chi connectivity index (χ2n) is 6.80. The van der Waals surface area contributed by atoms with Gasteiger partial charge in [-0.15, -0.1) is 0 Å². The molecule has 0 amide bonds. The number of nitrogens with zero attached hydrogens (tertiary/aromatic N) is 3. The normalized spacial score (nSPS) is 16.5. The molecule has 1 saturated carbocycles. The van der Waals surface area contributed by atoms with Crippen LogP contribution in [0, 0.1) is 0 Å². The molecule has 1 aromatic heterocycles. The van der Waals surface area contributed by atoms with Gasteiger partial charge in [0.1, 0.15) is 0 Å². The first-order valence-corrected chi connectivity index (χ1v) is 10.0. The third-order valence-corrected chi connectivity index (χ3v) is 7.04. The maximum Gasteiger partial charge on any atom is 0.419 e. The number of likely N-dealkylation sites (N-methyl/N-ethyl adjacent to an activating group) is 2. The zero-order valence-electron chi connectivity index (χ0n) is 14.9. The summed E-state index contributed by atoms with van der Waals surface area (Å²) in [6.45, 7) is 1.13. The molecule has 0 radical (unpaired) electrons. The molecule has 0 saturated heterocycles. The fourth-order valence-corrected chi connectivity index (χ4v) is 4.58. The number of hydrogen-bond donors (Lipinski definition) is 0. The molecule has 138 valence electrons. The zero-order valence-corrected chi connectivity index (χ0v) is 15.8. The van der Waals surface area contributed by atoms with Crippen molar-refractivity contribution in [2.75, 3.05) is 27.2 Å². The summed E-state index contributed by atoms with van der Waals surface area (Å²) in [6, 6.07) is 5.07. The number of hydrogen-bond acceptors (Lipinski definition) is 5. The zero-order chi connectivity index (χ0) is 18.2. The summed E-state index contributed by atoms with van der Waals surface area (Å²) in [4.78, 5) is 14.0. The molecule has 1 fully saturated rings. The van der Waals surface area contributed by atoms with Crippen molar-refractivity contribution < 1.29 is 12.8 Å². The molecular formula is C17H25N3O4S. The number of fused-ring (bicyclic) bond motifs is 1. The molecule has 8 heteroatoms. The van der Waals surface area contributed by atoms with E-state index in [-0.39, 0.29) is 4.90 Å². The largest absolute Gasteiger partial charge is 0.419 e. The van der Waals surface area contributed by atoms with E-state index in [9.17, 15) is 13.2 Å². The highest BCUT2D eigenvalue weighted by Gasteiger charge is 2.24. The van der Waals surface area contributed by atoms with Gasteiger partial charge in [-0.1, -0.05) is 12.8 Å². The maximum atomic E-state index is 12.8. The molecule has 0 bridgehead atoms. The summed E-state index contributed by atoms with van der Waals surface area (Å²) in [5.74, 6) is -0.504. The average Bonchev–Trinajstić information content (AvgIpc) is 3.21. The van der Waals surface area contributed by atoms with Crippen LogP contribution in [0.1, 0.15) is 25.7 Å². The second-order valence-corrected chi connectivity index (χ2v) is 8.85. The van der Waals surface area contributed by atoms with Crippen LogP contribution in [0.15, 0.2) is 32.3 Å². The number of oxazole rings is 1. The van der Waals surface area contributed by atoms with E-state index in [4.69, 9.17) is 4.42 Å². The second kappa shape index (κ2) is 6.93. The molecule has 3 rings (SSSR count). The van der Waals surface area contributed by atoms with Gasteiger partial charge in [0.25, 0.3) is 0 Å². The van der Waals surface area contributed by atoms with Crippen LogP contribution in [0.3, 0.4) is 0 Å². The topological polar surface area (TPSA) is 75.8 Å². The van der Waals surface area contributed by atoms with Crippen LogP contribution in [0.25, 0.3) is 11.1 Å². The quantitative estimate of drug-likeness (QED) is 0.776. The highest BCUT2D eigenvalue weighted by atomic mass is 32.2. The minimum atomic E-state index is -3.61. The molecule has 7 nitrogen and oxygen atoms in total. The van der Waals surface area contributed by atoms with Gasteiger partial charge in [-0.2, -0.15) is 4.31 Å². The first-order valence-electron chi connectivity index (χ1n) is 8.57. The lowest BCUT2D eigenvalue weighted by Crippen LogP contribution is -2.38. The van der Waals surface area contributed by atoms with Gasteiger partial charge in [0.15, 0.2) is 5.58 Å². The molecule has 0 N–H and O–H groups in total. The van der Waals surface area contributed by atoms with Gasteiger partial charge in [-0.25, -0.2) is 13.2 Å². The van der Waals surface area contributed by atoms with Crippen molar-refractivity contribution in [3.8, 4) is 0 Å². The van der Waals surface area contributed by atoms with Crippen molar-refractivity contribution in [1.29, 1.82) is 0 Å². The summed E-state index contributed by atoms with van der Waals surface area (Å²) in [6.07, 6.45) is 4.90. The van der Waals surface area contributed by atoms with Crippen molar-refractivity contribution in [3.63, 3.8) is 0 Å². The molecule has 0 aliphatic heterocycles. The van der Waals surface area contributed by atoms with Gasteiger partial charge >= 0.3 is 5.76 Å². The highest BCUT2D eigenvalue weighted by Crippen LogP contribution is 2.23. The summed E-state index contributed by atoms with van der Waals surface area (Å²) in [5.41, 5.74) is 0.859. The van der Waals surface area contributed by atoms with E-state index in [2.05, 4.69) is 11.9 Å². The lowest BCUT2D eigenvalue weighted by atomic mass is 10.2. The van der Waals surface area contributed by atoms with Crippen molar-refractivity contribution >= 4 is 21.1 Å². The highest BCUT2D eigenvalue weighted by molar-refractivity contribution is 7.89. The predicted octanol–water partition coefficient (Wildman–Crippen LogP) is 1.63. The van der Waals surface area contributed by atoms with Crippen LogP contribution in [-0.4, -0.2) is 55.4 Å². The molecule has 0 atom stereocenters.